The molecule has 2 bridgehead atoms. The van der Waals surface area contributed by atoms with Gasteiger partial charge in [-0.3, -0.25) is 19.0 Å². The van der Waals surface area contributed by atoms with E-state index >= 15 is 0 Å². The second-order valence-corrected chi connectivity index (χ2v) is 8.92. The fourth-order valence-corrected chi connectivity index (χ4v) is 5.59. The van der Waals surface area contributed by atoms with Gasteiger partial charge in [0.2, 0.25) is 11.8 Å². The topological polar surface area (TPSA) is 71.4 Å². The Hall–Kier alpha value is -2.11. The molecule has 3 heterocycles. The minimum absolute atomic E-state index is 0.0196. The molecule has 28 heavy (non-hydrogen) atoms. The molecule has 2 amide bonds. The molecule has 1 aromatic heterocycles. The van der Waals surface area contributed by atoms with Gasteiger partial charge in [0.25, 0.3) is 5.56 Å². The van der Waals surface area contributed by atoms with Crippen LogP contribution in [0.5, 0.6) is 0 Å². The number of rotatable bonds is 3. The zero-order chi connectivity index (χ0) is 19.8. The summed E-state index contributed by atoms with van der Waals surface area (Å²) in [7, 11) is 0. The van der Waals surface area contributed by atoms with Crippen LogP contribution in [0.4, 0.5) is 0 Å². The Morgan fingerprint density at radius 2 is 1.89 bits per heavy atom. The maximum atomic E-state index is 13.4. The summed E-state index contributed by atoms with van der Waals surface area (Å²) in [5, 5.41) is 3.23. The van der Waals surface area contributed by atoms with Gasteiger partial charge >= 0.3 is 0 Å². The first-order valence-corrected chi connectivity index (χ1v) is 10.7. The highest BCUT2D eigenvalue weighted by Gasteiger charge is 2.44. The molecule has 0 radical (unpaired) electrons. The molecule has 1 saturated heterocycles. The van der Waals surface area contributed by atoms with Crippen LogP contribution in [0.25, 0.3) is 0 Å². The summed E-state index contributed by atoms with van der Waals surface area (Å²) in [5.74, 6) is 0.587. The number of hydrogen-bond acceptors (Lipinski definition) is 3. The van der Waals surface area contributed by atoms with Crippen LogP contribution in [0.1, 0.15) is 70.0 Å². The number of fused-ring (bicyclic) bond motifs is 4. The Morgan fingerprint density at radius 1 is 1.14 bits per heavy atom. The van der Waals surface area contributed by atoms with E-state index in [0.717, 1.165) is 25.0 Å². The molecule has 0 spiro atoms. The van der Waals surface area contributed by atoms with Crippen molar-refractivity contribution in [1.29, 1.82) is 0 Å². The highest BCUT2D eigenvalue weighted by Crippen LogP contribution is 2.41. The summed E-state index contributed by atoms with van der Waals surface area (Å²) in [6.07, 6.45) is 6.91. The van der Waals surface area contributed by atoms with Crippen molar-refractivity contribution in [3.05, 3.63) is 34.2 Å². The van der Waals surface area contributed by atoms with Gasteiger partial charge in [0.05, 0.1) is 0 Å². The largest absolute Gasteiger partial charge is 0.352 e. The van der Waals surface area contributed by atoms with Crippen LogP contribution in [-0.2, 0) is 9.59 Å². The quantitative estimate of drug-likeness (QED) is 0.869. The van der Waals surface area contributed by atoms with Gasteiger partial charge in [0.15, 0.2) is 0 Å². The predicted molar refractivity (Wildman–Crippen MR) is 107 cm³/mol. The number of pyridine rings is 1. The normalized spacial score (nSPS) is 28.4. The van der Waals surface area contributed by atoms with Crippen molar-refractivity contribution in [1.82, 2.24) is 14.8 Å². The first kappa shape index (κ1) is 19.2. The van der Waals surface area contributed by atoms with Crippen LogP contribution in [0.3, 0.4) is 0 Å². The van der Waals surface area contributed by atoms with Gasteiger partial charge < -0.3 is 10.2 Å². The first-order valence-electron chi connectivity index (χ1n) is 10.7. The molecular formula is C22H31N3O3. The number of nitrogens with zero attached hydrogens (tertiary/aromatic N) is 2. The minimum Gasteiger partial charge on any atom is -0.352 e. The number of likely N-dealkylation sites (tertiary alicyclic amines) is 1. The van der Waals surface area contributed by atoms with Gasteiger partial charge in [0.1, 0.15) is 6.04 Å². The zero-order valence-electron chi connectivity index (χ0n) is 16.9. The molecule has 1 aromatic rings. The first-order chi connectivity index (χ1) is 13.5. The lowest BCUT2D eigenvalue weighted by molar-refractivity contribution is -0.136. The van der Waals surface area contributed by atoms with E-state index < -0.39 is 6.04 Å². The van der Waals surface area contributed by atoms with E-state index in [9.17, 15) is 14.4 Å². The van der Waals surface area contributed by atoms with Crippen LogP contribution in [-0.4, -0.2) is 40.4 Å². The van der Waals surface area contributed by atoms with Crippen molar-refractivity contribution in [3.8, 4) is 0 Å². The van der Waals surface area contributed by atoms with Crippen molar-refractivity contribution < 1.29 is 9.59 Å². The second kappa shape index (κ2) is 7.72. The minimum atomic E-state index is -0.534. The summed E-state index contributed by atoms with van der Waals surface area (Å²) in [5.41, 5.74) is 0.772. The average Bonchev–Trinajstić information content (AvgIpc) is 2.69. The molecule has 0 aromatic carbocycles. The van der Waals surface area contributed by atoms with Gasteiger partial charge in [-0.05, 0) is 38.2 Å². The number of carbonyl (C=O) groups excluding carboxylic acids is 2. The van der Waals surface area contributed by atoms with Gasteiger partial charge in [-0.2, -0.15) is 0 Å². The third kappa shape index (κ3) is 3.49. The van der Waals surface area contributed by atoms with Crippen molar-refractivity contribution in [2.45, 2.75) is 70.4 Å². The molecule has 0 unspecified atom stereocenters. The van der Waals surface area contributed by atoms with E-state index in [1.807, 2.05) is 11.0 Å². The Morgan fingerprint density at radius 3 is 2.61 bits per heavy atom. The lowest BCUT2D eigenvalue weighted by atomic mass is 9.77. The molecule has 1 saturated carbocycles. The molecule has 2 fully saturated rings. The molecule has 2 aliphatic heterocycles. The highest BCUT2D eigenvalue weighted by molar-refractivity contribution is 5.82. The molecule has 4 rings (SSSR count). The van der Waals surface area contributed by atoms with Gasteiger partial charge in [-0.15, -0.1) is 0 Å². The monoisotopic (exact) mass is 385 g/mol. The summed E-state index contributed by atoms with van der Waals surface area (Å²) in [6, 6.07) is 4.82. The maximum absolute atomic E-state index is 13.4. The molecule has 152 valence electrons. The molecule has 3 aliphatic rings. The lowest BCUT2D eigenvalue weighted by Gasteiger charge is -2.46. The molecule has 4 atom stereocenters. The average molecular weight is 386 g/mol. The van der Waals surface area contributed by atoms with Gasteiger partial charge in [-0.1, -0.05) is 25.3 Å². The number of hydrogen-bond donors (Lipinski definition) is 1. The van der Waals surface area contributed by atoms with Crippen LogP contribution in [0.15, 0.2) is 23.0 Å². The van der Waals surface area contributed by atoms with E-state index in [1.165, 1.54) is 25.3 Å². The summed E-state index contributed by atoms with van der Waals surface area (Å²) >= 11 is 0. The van der Waals surface area contributed by atoms with Gasteiger partial charge in [-0.25, -0.2) is 0 Å². The molecule has 1 N–H and O–H groups in total. The lowest BCUT2D eigenvalue weighted by Crippen LogP contribution is -2.55. The molecule has 6 nitrogen and oxygen atoms in total. The Labute approximate surface area is 166 Å². The van der Waals surface area contributed by atoms with Crippen LogP contribution < -0.4 is 10.9 Å². The smallest absolute Gasteiger partial charge is 0.251 e. The van der Waals surface area contributed by atoms with E-state index in [4.69, 9.17) is 0 Å². The third-order valence-electron chi connectivity index (χ3n) is 7.09. The number of carbonyl (C=O) groups is 2. The summed E-state index contributed by atoms with van der Waals surface area (Å²) < 4.78 is 1.71. The Balaban J connectivity index is 1.62. The van der Waals surface area contributed by atoms with E-state index in [-0.39, 0.29) is 35.3 Å². The second-order valence-electron chi connectivity index (χ2n) is 8.92. The molecular weight excluding hydrogens is 354 g/mol. The third-order valence-corrected chi connectivity index (χ3v) is 7.09. The van der Waals surface area contributed by atoms with Crippen molar-refractivity contribution in [3.63, 3.8) is 0 Å². The standard InChI is InChI=1S/C22H31N3O3/c1-14(16-7-4-3-5-8-16)23-22(28)21-18-11-17(12-24(13-18)15(2)26)19-9-6-10-20(27)25(19)21/h6,9-10,14,16-18,21H,3-5,7-8,11-13H2,1-2H3,(H,23,28)/t14-,17+,18-,21+/m0/s1. The fraction of sp³-hybridized carbons (Fsp3) is 0.682. The number of aromatic nitrogens is 1. The van der Waals surface area contributed by atoms with Crippen molar-refractivity contribution in [2.24, 2.45) is 11.8 Å². The fourth-order valence-electron chi connectivity index (χ4n) is 5.59. The van der Waals surface area contributed by atoms with Crippen LogP contribution in [0.2, 0.25) is 0 Å². The number of amides is 2. The number of nitrogens with one attached hydrogen (secondary N) is 1. The van der Waals surface area contributed by atoms with E-state index in [1.54, 1.807) is 17.6 Å². The predicted octanol–water partition coefficient (Wildman–Crippen LogP) is 2.44. The van der Waals surface area contributed by atoms with Crippen molar-refractivity contribution in [2.75, 3.05) is 13.1 Å². The van der Waals surface area contributed by atoms with E-state index in [0.29, 0.717) is 19.0 Å². The van der Waals surface area contributed by atoms with Crippen LogP contribution in [0, 0.1) is 11.8 Å². The summed E-state index contributed by atoms with van der Waals surface area (Å²) in [6.45, 7) is 4.85. The highest BCUT2D eigenvalue weighted by atomic mass is 16.2. The Kier molecular flexibility index (Phi) is 5.30. The molecule has 6 heteroatoms. The van der Waals surface area contributed by atoms with Crippen molar-refractivity contribution >= 4 is 11.8 Å². The van der Waals surface area contributed by atoms with Gasteiger partial charge in [0, 0.05) is 49.7 Å². The molecule has 1 aliphatic carbocycles. The zero-order valence-corrected chi connectivity index (χ0v) is 16.9. The maximum Gasteiger partial charge on any atom is 0.251 e. The Bertz CT molecular complexity index is 811. The van der Waals surface area contributed by atoms with E-state index in [2.05, 4.69) is 12.2 Å². The number of piperidine rings is 1. The SMILES string of the molecule is CC(=O)N1C[C@H]2C[C@@H](C1)[C@H](C(=O)N[C@@H](C)C1CCCCC1)n1c2cccc1=O. The van der Waals surface area contributed by atoms with Crippen LogP contribution >= 0.6 is 0 Å². The summed E-state index contributed by atoms with van der Waals surface area (Å²) in [4.78, 5) is 39.9.